The molecule has 0 spiro atoms. The maximum Gasteiger partial charge on any atom is 0.364 e. The molecule has 0 radical (unpaired) electrons. The van der Waals surface area contributed by atoms with Gasteiger partial charge >= 0.3 is 11.9 Å². The molecule has 16 heavy (non-hydrogen) atoms. The zero-order valence-corrected chi connectivity index (χ0v) is 9.74. The van der Waals surface area contributed by atoms with Gasteiger partial charge in [0.15, 0.2) is 0 Å². The number of nitrogens with zero attached hydrogens (tertiary/aromatic N) is 1. The molecule has 0 heterocycles. The maximum atomic E-state index is 11.2. The fourth-order valence-corrected chi connectivity index (χ4v) is 0.752. The quantitative estimate of drug-likeness (QED) is 0.173. The zero-order chi connectivity index (χ0) is 12.6. The highest BCUT2D eigenvalue weighted by Gasteiger charge is 2.22. The fraction of sp³-hybridized carbons (Fsp3) is 0.556. The van der Waals surface area contributed by atoms with Crippen molar-refractivity contribution in [3.05, 3.63) is 0 Å². The van der Waals surface area contributed by atoms with E-state index in [0.717, 1.165) is 0 Å². The molecule has 0 aromatic heterocycles. The molecular formula is C9H12ClNO5. The second-order valence-corrected chi connectivity index (χ2v) is 2.80. The van der Waals surface area contributed by atoms with E-state index < -0.39 is 29.3 Å². The van der Waals surface area contributed by atoms with Gasteiger partial charge < -0.3 is 9.57 Å². The topological polar surface area (TPSA) is 82.0 Å². The Labute approximate surface area is 97.5 Å². The first-order valence-corrected chi connectivity index (χ1v) is 5.14. The number of ketones is 1. The average molecular weight is 250 g/mol. The Morgan fingerprint density at radius 3 is 2.31 bits per heavy atom. The lowest BCUT2D eigenvalue weighted by molar-refractivity contribution is -0.143. The Morgan fingerprint density at radius 2 is 1.88 bits per heavy atom. The van der Waals surface area contributed by atoms with Crippen molar-refractivity contribution in [2.45, 2.75) is 20.3 Å². The molecule has 0 fully saturated rings. The monoisotopic (exact) mass is 249 g/mol. The highest BCUT2D eigenvalue weighted by molar-refractivity contribution is 6.67. The van der Waals surface area contributed by atoms with Gasteiger partial charge in [-0.15, -0.1) is 11.6 Å². The van der Waals surface area contributed by atoms with Crippen LogP contribution in [0, 0.1) is 0 Å². The first-order chi connectivity index (χ1) is 7.56. The first-order valence-electron chi connectivity index (χ1n) is 4.60. The lowest BCUT2D eigenvalue weighted by Gasteiger charge is -2.02. The predicted octanol–water partition coefficient (Wildman–Crippen LogP) is 0.667. The van der Waals surface area contributed by atoms with Crippen molar-refractivity contribution in [3.8, 4) is 0 Å². The van der Waals surface area contributed by atoms with E-state index in [1.807, 2.05) is 0 Å². The van der Waals surface area contributed by atoms with Crippen LogP contribution in [0.25, 0.3) is 0 Å². The number of carbonyl (C=O) groups excluding carboxylic acids is 3. The Morgan fingerprint density at radius 1 is 1.25 bits per heavy atom. The third-order valence-electron chi connectivity index (χ3n) is 1.38. The Kier molecular flexibility index (Phi) is 7.11. The van der Waals surface area contributed by atoms with Gasteiger partial charge in [0.05, 0.1) is 12.5 Å². The van der Waals surface area contributed by atoms with Crippen molar-refractivity contribution in [2.24, 2.45) is 5.16 Å². The summed E-state index contributed by atoms with van der Waals surface area (Å²) in [5.74, 6) is -2.83. The SMILES string of the molecule is CCOC(=O)/C(=N/OC(=O)CC)C(=O)CCl. The highest BCUT2D eigenvalue weighted by Crippen LogP contribution is 1.94. The molecule has 7 heteroatoms. The number of esters is 1. The van der Waals surface area contributed by atoms with Gasteiger partial charge in [-0.25, -0.2) is 9.59 Å². The van der Waals surface area contributed by atoms with E-state index in [0.29, 0.717) is 0 Å². The molecule has 0 aromatic rings. The van der Waals surface area contributed by atoms with Crippen LogP contribution in [0.4, 0.5) is 0 Å². The summed E-state index contributed by atoms with van der Waals surface area (Å²) >= 11 is 5.26. The number of alkyl halides is 1. The van der Waals surface area contributed by atoms with Crippen LogP contribution in [0.1, 0.15) is 20.3 Å². The smallest absolute Gasteiger partial charge is 0.364 e. The standard InChI is InChI=1S/C9H12ClNO5/c1-3-7(13)16-11-8(6(12)5-10)9(14)15-4-2/h3-5H2,1-2H3/b11-8+. The van der Waals surface area contributed by atoms with Gasteiger partial charge in [-0.3, -0.25) is 4.79 Å². The predicted molar refractivity (Wildman–Crippen MR) is 56.2 cm³/mol. The van der Waals surface area contributed by atoms with Crippen molar-refractivity contribution < 1.29 is 24.0 Å². The number of halogens is 1. The number of rotatable bonds is 6. The van der Waals surface area contributed by atoms with Crippen molar-refractivity contribution in [1.29, 1.82) is 0 Å². The van der Waals surface area contributed by atoms with E-state index in [9.17, 15) is 14.4 Å². The summed E-state index contributed by atoms with van der Waals surface area (Å²) in [6, 6.07) is 0. The van der Waals surface area contributed by atoms with Gasteiger partial charge in [0.25, 0.3) is 0 Å². The summed E-state index contributed by atoms with van der Waals surface area (Å²) < 4.78 is 4.55. The van der Waals surface area contributed by atoms with E-state index in [1.165, 1.54) is 0 Å². The Bertz CT molecular complexity index is 313. The minimum absolute atomic E-state index is 0.0780. The van der Waals surface area contributed by atoms with E-state index in [1.54, 1.807) is 13.8 Å². The summed E-state index contributed by atoms with van der Waals surface area (Å²) in [4.78, 5) is 37.5. The van der Waals surface area contributed by atoms with Gasteiger partial charge in [-0.1, -0.05) is 12.1 Å². The van der Waals surface area contributed by atoms with Gasteiger partial charge in [-0.05, 0) is 6.92 Å². The molecule has 0 aliphatic rings. The van der Waals surface area contributed by atoms with Crippen LogP contribution in [0.2, 0.25) is 0 Å². The van der Waals surface area contributed by atoms with Crippen LogP contribution < -0.4 is 0 Å². The molecule has 6 nitrogen and oxygen atoms in total. The molecule has 0 bridgehead atoms. The molecule has 0 atom stereocenters. The van der Waals surface area contributed by atoms with E-state index >= 15 is 0 Å². The zero-order valence-electron chi connectivity index (χ0n) is 8.99. The van der Waals surface area contributed by atoms with Crippen LogP contribution in [0.15, 0.2) is 5.16 Å². The van der Waals surface area contributed by atoms with E-state index in [2.05, 4.69) is 14.7 Å². The van der Waals surface area contributed by atoms with Crippen LogP contribution in [0.5, 0.6) is 0 Å². The summed E-state index contributed by atoms with van der Waals surface area (Å²) in [7, 11) is 0. The number of carbonyl (C=O) groups is 3. The molecule has 0 unspecified atom stereocenters. The lowest BCUT2D eigenvalue weighted by Crippen LogP contribution is -2.28. The van der Waals surface area contributed by atoms with E-state index in [-0.39, 0.29) is 13.0 Å². The molecule has 0 aliphatic carbocycles. The van der Waals surface area contributed by atoms with Crippen molar-refractivity contribution in [1.82, 2.24) is 0 Å². The number of hydrogen-bond donors (Lipinski definition) is 0. The summed E-state index contributed by atoms with van der Waals surface area (Å²) in [6.07, 6.45) is 0.0780. The Balaban J connectivity index is 4.72. The molecular weight excluding hydrogens is 238 g/mol. The number of ether oxygens (including phenoxy) is 1. The molecule has 0 N–H and O–H groups in total. The molecule has 0 aliphatic heterocycles. The number of oxime groups is 1. The van der Waals surface area contributed by atoms with Gasteiger partial charge in [0.1, 0.15) is 0 Å². The number of Topliss-reactive ketones (excluding diaryl/α,β-unsaturated/α-hetero) is 1. The third-order valence-corrected chi connectivity index (χ3v) is 1.62. The lowest BCUT2D eigenvalue weighted by atomic mass is 10.3. The van der Waals surface area contributed by atoms with E-state index in [4.69, 9.17) is 11.6 Å². The minimum Gasteiger partial charge on any atom is -0.461 e. The van der Waals surface area contributed by atoms with Crippen LogP contribution >= 0.6 is 11.6 Å². The second-order valence-electron chi connectivity index (χ2n) is 2.53. The largest absolute Gasteiger partial charge is 0.461 e. The van der Waals surface area contributed by atoms with Crippen LogP contribution in [0.3, 0.4) is 0 Å². The second kappa shape index (κ2) is 7.81. The summed E-state index contributed by atoms with van der Waals surface area (Å²) in [6.45, 7) is 3.19. The molecule has 0 rings (SSSR count). The molecule has 0 saturated carbocycles. The summed E-state index contributed by atoms with van der Waals surface area (Å²) in [5.41, 5.74) is -0.612. The average Bonchev–Trinajstić information content (AvgIpc) is 2.28. The molecule has 0 aromatic carbocycles. The van der Waals surface area contributed by atoms with Crippen LogP contribution in [-0.4, -0.2) is 35.9 Å². The highest BCUT2D eigenvalue weighted by atomic mass is 35.5. The molecule has 0 saturated heterocycles. The maximum absolute atomic E-state index is 11.2. The third kappa shape index (κ3) is 4.88. The van der Waals surface area contributed by atoms with Crippen molar-refractivity contribution in [3.63, 3.8) is 0 Å². The van der Waals surface area contributed by atoms with Crippen LogP contribution in [-0.2, 0) is 24.0 Å². The van der Waals surface area contributed by atoms with Gasteiger partial charge in [0.2, 0.25) is 11.5 Å². The normalized spacial score (nSPS) is 10.8. The molecule has 0 amide bonds. The minimum atomic E-state index is -0.961. The van der Waals surface area contributed by atoms with Crippen molar-refractivity contribution in [2.75, 3.05) is 12.5 Å². The number of hydrogen-bond acceptors (Lipinski definition) is 6. The van der Waals surface area contributed by atoms with Gasteiger partial charge in [-0.2, -0.15) is 0 Å². The summed E-state index contributed by atoms with van der Waals surface area (Å²) in [5, 5.41) is 3.14. The van der Waals surface area contributed by atoms with Gasteiger partial charge in [0, 0.05) is 6.42 Å². The Hall–Kier alpha value is -1.43. The first kappa shape index (κ1) is 14.6. The molecule has 90 valence electrons. The fourth-order valence-electron chi connectivity index (χ4n) is 0.626. The van der Waals surface area contributed by atoms with Crippen molar-refractivity contribution >= 4 is 35.0 Å².